The minimum atomic E-state index is 0.0796. The van der Waals surface area contributed by atoms with Crippen molar-refractivity contribution in [3.8, 4) is 0 Å². The lowest BCUT2D eigenvalue weighted by molar-refractivity contribution is -0.125. The van der Waals surface area contributed by atoms with Gasteiger partial charge in [-0.25, -0.2) is 9.97 Å². The molecule has 6 nitrogen and oxygen atoms in total. The molecule has 0 aliphatic carbocycles. The summed E-state index contributed by atoms with van der Waals surface area (Å²) in [6.07, 6.45) is 5.93. The third kappa shape index (κ3) is 5.10. The largest absolute Gasteiger partial charge is 0.356 e. The standard InChI is InChI=1S/C24H33N5O/c1-18-5-7-20(8-6-18)15-25-24(30)21-9-12-28(13-10-21)22-14-23(27-17-26-22)29-11-3-4-19(2)16-29/h5-8,14,17,19,21H,3-4,9-13,15-16H2,1-2H3,(H,25,30). The third-order valence-electron chi connectivity index (χ3n) is 6.40. The first-order chi connectivity index (χ1) is 14.6. The van der Waals surface area contributed by atoms with Crippen LogP contribution in [0.15, 0.2) is 36.7 Å². The van der Waals surface area contributed by atoms with Crippen LogP contribution in [-0.2, 0) is 11.3 Å². The van der Waals surface area contributed by atoms with Crippen molar-refractivity contribution in [3.63, 3.8) is 0 Å². The van der Waals surface area contributed by atoms with E-state index in [0.717, 1.165) is 56.2 Å². The quantitative estimate of drug-likeness (QED) is 0.821. The minimum absolute atomic E-state index is 0.0796. The summed E-state index contributed by atoms with van der Waals surface area (Å²) in [5.41, 5.74) is 2.38. The summed E-state index contributed by atoms with van der Waals surface area (Å²) >= 11 is 0. The average molecular weight is 408 g/mol. The van der Waals surface area contributed by atoms with Crippen molar-refractivity contribution in [1.29, 1.82) is 0 Å². The molecule has 2 aromatic rings. The maximum absolute atomic E-state index is 12.6. The van der Waals surface area contributed by atoms with Crippen molar-refractivity contribution >= 4 is 17.5 Å². The molecule has 4 rings (SSSR count). The first kappa shape index (κ1) is 20.6. The summed E-state index contributed by atoms with van der Waals surface area (Å²) in [5, 5.41) is 3.11. The molecule has 30 heavy (non-hydrogen) atoms. The molecular formula is C24H33N5O. The molecule has 1 atom stereocenters. The van der Waals surface area contributed by atoms with E-state index < -0.39 is 0 Å². The van der Waals surface area contributed by atoms with E-state index in [1.165, 1.54) is 18.4 Å². The average Bonchev–Trinajstić information content (AvgIpc) is 2.79. The molecule has 1 unspecified atom stereocenters. The van der Waals surface area contributed by atoms with Crippen molar-refractivity contribution in [2.24, 2.45) is 11.8 Å². The summed E-state index contributed by atoms with van der Waals surface area (Å²) < 4.78 is 0. The molecule has 0 saturated carbocycles. The highest BCUT2D eigenvalue weighted by Crippen LogP contribution is 2.26. The van der Waals surface area contributed by atoms with Gasteiger partial charge in [0.1, 0.15) is 18.0 Å². The number of amides is 1. The van der Waals surface area contributed by atoms with Crippen molar-refractivity contribution in [2.75, 3.05) is 36.0 Å². The van der Waals surface area contributed by atoms with Crippen molar-refractivity contribution in [1.82, 2.24) is 15.3 Å². The Bertz CT molecular complexity index is 845. The summed E-state index contributed by atoms with van der Waals surface area (Å²) in [6.45, 7) is 8.84. The van der Waals surface area contributed by atoms with Crippen LogP contribution in [0.2, 0.25) is 0 Å². The van der Waals surface area contributed by atoms with Gasteiger partial charge in [-0.05, 0) is 44.1 Å². The second-order valence-corrected chi connectivity index (χ2v) is 8.89. The minimum Gasteiger partial charge on any atom is -0.356 e. The van der Waals surface area contributed by atoms with Gasteiger partial charge in [-0.3, -0.25) is 4.79 Å². The fraction of sp³-hybridized carbons (Fsp3) is 0.542. The molecule has 2 saturated heterocycles. The van der Waals surface area contributed by atoms with Crippen LogP contribution in [0, 0.1) is 18.8 Å². The van der Waals surface area contributed by atoms with Crippen LogP contribution in [0.4, 0.5) is 11.6 Å². The number of carbonyl (C=O) groups excluding carboxylic acids is 1. The molecule has 1 aromatic carbocycles. The van der Waals surface area contributed by atoms with Gasteiger partial charge >= 0.3 is 0 Å². The van der Waals surface area contributed by atoms with Crippen molar-refractivity contribution < 1.29 is 4.79 Å². The predicted octanol–water partition coefficient (Wildman–Crippen LogP) is 3.55. The maximum atomic E-state index is 12.6. The van der Waals surface area contributed by atoms with Crippen LogP contribution in [0.1, 0.15) is 43.7 Å². The Morgan fingerprint density at radius 3 is 2.43 bits per heavy atom. The molecule has 160 valence electrons. The number of hydrogen-bond donors (Lipinski definition) is 1. The van der Waals surface area contributed by atoms with Crippen molar-refractivity contribution in [2.45, 2.75) is 46.1 Å². The Balaban J connectivity index is 1.29. The Kier molecular flexibility index (Phi) is 6.50. The van der Waals surface area contributed by atoms with Gasteiger partial charge in [0.25, 0.3) is 0 Å². The van der Waals surface area contributed by atoms with Crippen LogP contribution in [-0.4, -0.2) is 42.1 Å². The van der Waals surface area contributed by atoms with Crippen LogP contribution in [0.5, 0.6) is 0 Å². The number of benzene rings is 1. The second kappa shape index (κ2) is 9.45. The topological polar surface area (TPSA) is 61.4 Å². The van der Waals surface area contributed by atoms with Gasteiger partial charge in [0.2, 0.25) is 5.91 Å². The second-order valence-electron chi connectivity index (χ2n) is 8.89. The number of aromatic nitrogens is 2. The summed E-state index contributed by atoms with van der Waals surface area (Å²) in [4.78, 5) is 26.3. The van der Waals surface area contributed by atoms with Crippen LogP contribution in [0.25, 0.3) is 0 Å². The molecule has 1 aromatic heterocycles. The number of carbonyl (C=O) groups is 1. The number of piperidine rings is 2. The fourth-order valence-corrected chi connectivity index (χ4v) is 4.49. The summed E-state index contributed by atoms with van der Waals surface area (Å²) in [7, 11) is 0. The zero-order chi connectivity index (χ0) is 20.9. The Morgan fingerprint density at radius 2 is 1.73 bits per heavy atom. The van der Waals surface area contributed by atoms with Crippen molar-refractivity contribution in [3.05, 3.63) is 47.8 Å². The number of rotatable bonds is 5. The van der Waals surface area contributed by atoms with Crippen LogP contribution < -0.4 is 15.1 Å². The number of nitrogens with one attached hydrogen (secondary N) is 1. The molecule has 2 aliphatic rings. The van der Waals surface area contributed by atoms with E-state index in [1.807, 2.05) is 0 Å². The number of nitrogens with zero attached hydrogens (tertiary/aromatic N) is 4. The lowest BCUT2D eigenvalue weighted by Crippen LogP contribution is -2.41. The monoisotopic (exact) mass is 407 g/mol. The highest BCUT2D eigenvalue weighted by Gasteiger charge is 2.26. The SMILES string of the molecule is Cc1ccc(CNC(=O)C2CCN(c3cc(N4CCCC(C)C4)ncn3)CC2)cc1. The van der Waals surface area contributed by atoms with Gasteiger partial charge in [-0.15, -0.1) is 0 Å². The normalized spacial score (nSPS) is 20.3. The Morgan fingerprint density at radius 1 is 1.03 bits per heavy atom. The molecule has 0 radical (unpaired) electrons. The van der Waals surface area contributed by atoms with Gasteiger partial charge < -0.3 is 15.1 Å². The zero-order valence-corrected chi connectivity index (χ0v) is 18.2. The molecular weight excluding hydrogens is 374 g/mol. The molecule has 0 bridgehead atoms. The molecule has 1 N–H and O–H groups in total. The van der Waals surface area contributed by atoms with Crippen LogP contribution in [0.3, 0.4) is 0 Å². The van der Waals surface area contributed by atoms with E-state index in [1.54, 1.807) is 6.33 Å². The van der Waals surface area contributed by atoms with E-state index in [0.29, 0.717) is 12.5 Å². The lowest BCUT2D eigenvalue weighted by Gasteiger charge is -2.34. The molecule has 2 fully saturated rings. The molecule has 2 aliphatic heterocycles. The molecule has 1 amide bonds. The third-order valence-corrected chi connectivity index (χ3v) is 6.40. The highest BCUT2D eigenvalue weighted by atomic mass is 16.1. The van der Waals surface area contributed by atoms with Gasteiger partial charge in [0.05, 0.1) is 0 Å². The highest BCUT2D eigenvalue weighted by molar-refractivity contribution is 5.79. The van der Waals surface area contributed by atoms with E-state index in [-0.39, 0.29) is 11.8 Å². The van der Waals surface area contributed by atoms with Gasteiger partial charge in [-0.1, -0.05) is 36.8 Å². The van der Waals surface area contributed by atoms with E-state index in [2.05, 4.69) is 69.3 Å². The summed E-state index contributed by atoms with van der Waals surface area (Å²) in [6, 6.07) is 10.4. The van der Waals surface area contributed by atoms with Gasteiger partial charge in [0.15, 0.2) is 0 Å². The first-order valence-corrected chi connectivity index (χ1v) is 11.2. The smallest absolute Gasteiger partial charge is 0.223 e. The fourth-order valence-electron chi connectivity index (χ4n) is 4.49. The van der Waals surface area contributed by atoms with E-state index in [9.17, 15) is 4.79 Å². The van der Waals surface area contributed by atoms with Gasteiger partial charge in [0, 0.05) is 44.7 Å². The van der Waals surface area contributed by atoms with E-state index >= 15 is 0 Å². The number of anilines is 2. The number of aryl methyl sites for hydroxylation is 1. The Hall–Kier alpha value is -2.63. The van der Waals surface area contributed by atoms with E-state index in [4.69, 9.17) is 0 Å². The molecule has 6 heteroatoms. The Labute approximate surface area is 179 Å². The summed E-state index contributed by atoms with van der Waals surface area (Å²) in [5.74, 6) is 2.98. The number of hydrogen-bond acceptors (Lipinski definition) is 5. The maximum Gasteiger partial charge on any atom is 0.223 e. The first-order valence-electron chi connectivity index (χ1n) is 11.2. The predicted molar refractivity (Wildman–Crippen MR) is 121 cm³/mol. The van der Waals surface area contributed by atoms with Gasteiger partial charge in [-0.2, -0.15) is 0 Å². The lowest BCUT2D eigenvalue weighted by atomic mass is 9.95. The zero-order valence-electron chi connectivity index (χ0n) is 18.2. The molecule has 3 heterocycles. The molecule has 0 spiro atoms. The van der Waals surface area contributed by atoms with Crippen LogP contribution >= 0.6 is 0 Å².